The molecule has 96 valence electrons. The summed E-state index contributed by atoms with van der Waals surface area (Å²) >= 11 is 0. The van der Waals surface area contributed by atoms with Crippen LogP contribution >= 0.6 is 0 Å². The number of ether oxygens (including phenoxy) is 1. The van der Waals surface area contributed by atoms with E-state index in [0.29, 0.717) is 17.4 Å². The normalized spacial score (nSPS) is 21.8. The highest BCUT2D eigenvalue weighted by Gasteiger charge is 2.36. The van der Waals surface area contributed by atoms with Gasteiger partial charge in [-0.2, -0.15) is 0 Å². The number of carbonyl (C=O) groups excluding carboxylic acids is 1. The zero-order valence-electron chi connectivity index (χ0n) is 11.3. The van der Waals surface area contributed by atoms with Gasteiger partial charge in [0.15, 0.2) is 0 Å². The molecule has 18 heavy (non-hydrogen) atoms. The van der Waals surface area contributed by atoms with Crippen LogP contribution in [0.1, 0.15) is 38.0 Å². The van der Waals surface area contributed by atoms with Gasteiger partial charge in [0.1, 0.15) is 6.10 Å². The Bertz CT molecular complexity index is 474. The number of hydrogen-bond donors (Lipinski definition) is 0. The zero-order chi connectivity index (χ0) is 13.3. The van der Waals surface area contributed by atoms with Crippen molar-refractivity contribution in [3.63, 3.8) is 0 Å². The minimum absolute atomic E-state index is 0.120. The molecule has 1 aromatic rings. The van der Waals surface area contributed by atoms with Gasteiger partial charge >= 0.3 is 5.97 Å². The summed E-state index contributed by atoms with van der Waals surface area (Å²) in [7, 11) is 0. The van der Waals surface area contributed by atoms with Gasteiger partial charge in [0.05, 0.1) is 0 Å². The molecule has 2 heteroatoms. The number of carbonyl (C=O) groups is 1. The van der Waals surface area contributed by atoms with Crippen LogP contribution in [0.15, 0.2) is 36.4 Å². The van der Waals surface area contributed by atoms with Gasteiger partial charge in [0, 0.05) is 11.5 Å². The summed E-state index contributed by atoms with van der Waals surface area (Å²) < 4.78 is 5.63. The van der Waals surface area contributed by atoms with Crippen LogP contribution in [0.25, 0.3) is 0 Å². The van der Waals surface area contributed by atoms with Gasteiger partial charge in [-0.1, -0.05) is 44.7 Å². The number of hydrogen-bond acceptors (Lipinski definition) is 2. The molecule has 0 N–H and O–H groups in total. The summed E-state index contributed by atoms with van der Waals surface area (Å²) in [6.45, 7) is 9.69. The van der Waals surface area contributed by atoms with Crippen molar-refractivity contribution < 1.29 is 9.53 Å². The molecule has 0 spiro atoms. The van der Waals surface area contributed by atoms with Crippen LogP contribution in [-0.4, -0.2) is 5.97 Å². The van der Waals surface area contributed by atoms with E-state index >= 15 is 0 Å². The fraction of sp³-hybridized carbons (Fsp3) is 0.438. The van der Waals surface area contributed by atoms with E-state index in [-0.39, 0.29) is 12.1 Å². The first-order chi connectivity index (χ1) is 8.50. The average Bonchev–Trinajstić information content (AvgIpc) is 2.68. The quantitative estimate of drug-likeness (QED) is 0.599. The molecule has 1 aliphatic rings. The van der Waals surface area contributed by atoms with Crippen molar-refractivity contribution in [2.45, 2.75) is 33.3 Å². The first-order valence-electron chi connectivity index (χ1n) is 6.45. The number of benzene rings is 1. The lowest BCUT2D eigenvalue weighted by atomic mass is 9.91. The number of rotatable bonds is 3. The fourth-order valence-corrected chi connectivity index (χ4v) is 2.54. The molecule has 2 nitrogen and oxygen atoms in total. The van der Waals surface area contributed by atoms with Crippen molar-refractivity contribution in [1.29, 1.82) is 0 Å². The van der Waals surface area contributed by atoms with E-state index in [2.05, 4.69) is 32.6 Å². The Morgan fingerprint density at radius 2 is 2.06 bits per heavy atom. The summed E-state index contributed by atoms with van der Waals surface area (Å²) in [5.41, 5.74) is 2.92. The van der Waals surface area contributed by atoms with Crippen LogP contribution in [-0.2, 0) is 16.0 Å². The Hall–Kier alpha value is -1.57. The summed E-state index contributed by atoms with van der Waals surface area (Å²) in [6, 6.07) is 8.23. The maximum absolute atomic E-state index is 11.8. The smallest absolute Gasteiger partial charge is 0.333 e. The molecule has 0 radical (unpaired) electrons. The fourth-order valence-electron chi connectivity index (χ4n) is 2.54. The maximum Gasteiger partial charge on any atom is 0.333 e. The molecule has 1 aliphatic carbocycles. The third-order valence-corrected chi connectivity index (χ3v) is 3.64. The molecule has 2 rings (SSSR count). The van der Waals surface area contributed by atoms with E-state index in [1.165, 1.54) is 5.56 Å². The lowest BCUT2D eigenvalue weighted by Crippen LogP contribution is -2.20. The summed E-state index contributed by atoms with van der Waals surface area (Å²) in [5, 5.41) is 0. The third kappa shape index (κ3) is 2.33. The van der Waals surface area contributed by atoms with E-state index < -0.39 is 0 Å². The molecule has 2 atom stereocenters. The number of esters is 1. The van der Waals surface area contributed by atoms with Crippen LogP contribution in [0.2, 0.25) is 0 Å². The molecule has 0 saturated heterocycles. The second kappa shape index (κ2) is 4.97. The Kier molecular flexibility index (Phi) is 3.55. The van der Waals surface area contributed by atoms with E-state index in [0.717, 1.165) is 12.0 Å². The molecule has 2 unspecified atom stereocenters. The highest BCUT2D eigenvalue weighted by molar-refractivity contribution is 5.87. The van der Waals surface area contributed by atoms with E-state index in [1.54, 1.807) is 6.92 Å². The van der Waals surface area contributed by atoms with Crippen LogP contribution < -0.4 is 0 Å². The predicted molar refractivity (Wildman–Crippen MR) is 72.1 cm³/mol. The van der Waals surface area contributed by atoms with Gasteiger partial charge < -0.3 is 4.74 Å². The van der Waals surface area contributed by atoms with Crippen molar-refractivity contribution in [3.05, 3.63) is 47.5 Å². The standard InChI is InChI=1S/C16H20O2/c1-10(2)14-9-12-7-5-6-8-13(12)15(14)18-16(17)11(3)4/h5-8,10,14-15H,3,9H2,1-2,4H3. The Morgan fingerprint density at radius 3 is 2.67 bits per heavy atom. The molecule has 0 heterocycles. The summed E-state index contributed by atoms with van der Waals surface area (Å²) in [5.74, 6) is 0.563. The molecular weight excluding hydrogens is 224 g/mol. The van der Waals surface area contributed by atoms with Crippen LogP contribution in [0.4, 0.5) is 0 Å². The van der Waals surface area contributed by atoms with Crippen LogP contribution in [0.5, 0.6) is 0 Å². The topological polar surface area (TPSA) is 26.3 Å². The Balaban J connectivity index is 2.28. The highest BCUT2D eigenvalue weighted by atomic mass is 16.5. The second-order valence-electron chi connectivity index (χ2n) is 5.42. The van der Waals surface area contributed by atoms with E-state index in [9.17, 15) is 4.79 Å². The average molecular weight is 244 g/mol. The molecule has 0 bridgehead atoms. The molecule has 1 aromatic carbocycles. The molecular formula is C16H20O2. The predicted octanol–water partition coefficient (Wildman–Crippen LogP) is 3.68. The van der Waals surface area contributed by atoms with E-state index in [4.69, 9.17) is 4.74 Å². The minimum Gasteiger partial charge on any atom is -0.454 e. The molecule has 0 fully saturated rings. The van der Waals surface area contributed by atoms with Crippen molar-refractivity contribution >= 4 is 5.97 Å². The van der Waals surface area contributed by atoms with Gasteiger partial charge in [-0.15, -0.1) is 0 Å². The lowest BCUT2D eigenvalue weighted by molar-refractivity contribution is -0.147. The third-order valence-electron chi connectivity index (χ3n) is 3.64. The minimum atomic E-state index is -0.289. The van der Waals surface area contributed by atoms with Crippen molar-refractivity contribution in [2.24, 2.45) is 11.8 Å². The largest absolute Gasteiger partial charge is 0.454 e. The lowest BCUT2D eigenvalue weighted by Gasteiger charge is -2.24. The van der Waals surface area contributed by atoms with Gasteiger partial charge in [-0.25, -0.2) is 4.79 Å². The van der Waals surface area contributed by atoms with Crippen molar-refractivity contribution in [1.82, 2.24) is 0 Å². The molecule has 0 aromatic heterocycles. The molecule has 0 saturated carbocycles. The van der Waals surface area contributed by atoms with Gasteiger partial charge in [0.25, 0.3) is 0 Å². The Labute approximate surface area is 109 Å². The zero-order valence-corrected chi connectivity index (χ0v) is 11.3. The first-order valence-corrected chi connectivity index (χ1v) is 6.45. The maximum atomic E-state index is 11.8. The van der Waals surface area contributed by atoms with Gasteiger partial charge in [-0.05, 0) is 30.4 Å². The summed E-state index contributed by atoms with van der Waals surface area (Å²) in [4.78, 5) is 11.8. The highest BCUT2D eigenvalue weighted by Crippen LogP contribution is 2.42. The second-order valence-corrected chi connectivity index (χ2v) is 5.42. The SMILES string of the molecule is C=C(C)C(=O)OC1c2ccccc2CC1C(C)C. The molecule has 0 aliphatic heterocycles. The van der Waals surface area contributed by atoms with Crippen LogP contribution in [0.3, 0.4) is 0 Å². The van der Waals surface area contributed by atoms with Crippen LogP contribution in [0, 0.1) is 11.8 Å². The number of fused-ring (bicyclic) bond motifs is 1. The van der Waals surface area contributed by atoms with Crippen molar-refractivity contribution in [3.8, 4) is 0 Å². The Morgan fingerprint density at radius 1 is 1.39 bits per heavy atom. The first kappa shape index (κ1) is 12.9. The monoisotopic (exact) mass is 244 g/mol. The van der Waals surface area contributed by atoms with Gasteiger partial charge in [-0.3, -0.25) is 0 Å². The van der Waals surface area contributed by atoms with E-state index in [1.807, 2.05) is 12.1 Å². The van der Waals surface area contributed by atoms with Gasteiger partial charge in [0.2, 0.25) is 0 Å². The van der Waals surface area contributed by atoms with Crippen molar-refractivity contribution in [2.75, 3.05) is 0 Å². The molecule has 0 amide bonds. The summed E-state index contributed by atoms with van der Waals surface area (Å²) in [6.07, 6.45) is 0.868.